The Bertz CT molecular complexity index is 265. The van der Waals surface area contributed by atoms with Crippen LogP contribution in [-0.2, 0) is 0 Å². The van der Waals surface area contributed by atoms with Crippen LogP contribution in [0, 0.1) is 23.7 Å². The summed E-state index contributed by atoms with van der Waals surface area (Å²) < 4.78 is 0. The van der Waals surface area contributed by atoms with Gasteiger partial charge in [-0.3, -0.25) is 0 Å². The molecule has 0 aromatic rings. The minimum absolute atomic E-state index is 0.531. The smallest absolute Gasteiger partial charge is 0.0187 e. The highest BCUT2D eigenvalue weighted by molar-refractivity contribution is 5.00. The van der Waals surface area contributed by atoms with E-state index in [1.54, 1.807) is 25.7 Å². The van der Waals surface area contributed by atoms with E-state index in [2.05, 4.69) is 19.2 Å². The monoisotopic (exact) mass is 235 g/mol. The van der Waals surface area contributed by atoms with Crippen LogP contribution in [0.3, 0.4) is 0 Å². The zero-order chi connectivity index (χ0) is 11.9. The van der Waals surface area contributed by atoms with Crippen molar-refractivity contribution in [2.45, 2.75) is 70.8 Å². The summed E-state index contributed by atoms with van der Waals surface area (Å²) in [5.74, 6) is 4.13. The van der Waals surface area contributed by atoms with Crippen LogP contribution in [0.25, 0.3) is 0 Å². The Kier molecular flexibility index (Phi) is 3.23. The van der Waals surface area contributed by atoms with Gasteiger partial charge >= 0.3 is 0 Å². The maximum absolute atomic E-state index is 3.89. The van der Waals surface area contributed by atoms with Gasteiger partial charge in [0, 0.05) is 5.54 Å². The molecule has 1 N–H and O–H groups in total. The van der Waals surface area contributed by atoms with Crippen LogP contribution >= 0.6 is 0 Å². The third kappa shape index (κ3) is 2.41. The predicted molar refractivity (Wildman–Crippen MR) is 73.0 cm³/mol. The highest BCUT2D eigenvalue weighted by Crippen LogP contribution is 2.52. The molecular formula is C16H29N. The second-order valence-electron chi connectivity index (χ2n) is 7.55. The fourth-order valence-corrected chi connectivity index (χ4v) is 5.21. The first-order valence-corrected chi connectivity index (χ1v) is 7.92. The lowest BCUT2D eigenvalue weighted by Gasteiger charge is -2.36. The van der Waals surface area contributed by atoms with Gasteiger partial charge in [0.2, 0.25) is 0 Å². The Morgan fingerprint density at radius 2 is 2.12 bits per heavy atom. The maximum Gasteiger partial charge on any atom is 0.0187 e. The zero-order valence-corrected chi connectivity index (χ0v) is 11.7. The van der Waals surface area contributed by atoms with Crippen LogP contribution in [0.5, 0.6) is 0 Å². The van der Waals surface area contributed by atoms with E-state index < -0.39 is 0 Å². The van der Waals surface area contributed by atoms with Gasteiger partial charge in [-0.15, -0.1) is 0 Å². The molecule has 1 nitrogen and oxygen atoms in total. The second-order valence-corrected chi connectivity index (χ2v) is 7.55. The Hall–Kier alpha value is -0.0400. The van der Waals surface area contributed by atoms with Crippen molar-refractivity contribution < 1.29 is 0 Å². The average Bonchev–Trinajstić information content (AvgIpc) is 2.93. The summed E-state index contributed by atoms with van der Waals surface area (Å²) in [6, 6.07) is 0. The normalized spacial score (nSPS) is 45.0. The Labute approximate surface area is 107 Å². The van der Waals surface area contributed by atoms with Crippen molar-refractivity contribution in [1.29, 1.82) is 0 Å². The quantitative estimate of drug-likeness (QED) is 0.777. The molecule has 2 bridgehead atoms. The molecule has 2 aliphatic carbocycles. The van der Waals surface area contributed by atoms with Gasteiger partial charge in [0.05, 0.1) is 0 Å². The van der Waals surface area contributed by atoms with Gasteiger partial charge in [0.15, 0.2) is 0 Å². The minimum atomic E-state index is 0.531. The highest BCUT2D eigenvalue weighted by atomic mass is 15.0. The lowest BCUT2D eigenvalue weighted by atomic mass is 9.75. The number of nitrogens with one attached hydrogen (secondary N) is 1. The molecule has 4 atom stereocenters. The predicted octanol–water partition coefficient (Wildman–Crippen LogP) is 3.98. The van der Waals surface area contributed by atoms with Crippen LogP contribution in [0.15, 0.2) is 0 Å². The lowest BCUT2D eigenvalue weighted by Crippen LogP contribution is -2.43. The molecule has 0 aromatic heterocycles. The van der Waals surface area contributed by atoms with E-state index in [-0.39, 0.29) is 0 Å². The molecule has 1 aliphatic heterocycles. The number of hydrogen-bond acceptors (Lipinski definition) is 1. The SMILES string of the molecule is CC(C)CC1(CC2CC3CCC2C3)CCCN1. The van der Waals surface area contributed by atoms with Crippen LogP contribution in [0.1, 0.15) is 65.2 Å². The zero-order valence-electron chi connectivity index (χ0n) is 11.7. The van der Waals surface area contributed by atoms with E-state index in [1.807, 2.05) is 0 Å². The fraction of sp³-hybridized carbons (Fsp3) is 1.00. The molecule has 0 spiro atoms. The van der Waals surface area contributed by atoms with Gasteiger partial charge in [0.1, 0.15) is 0 Å². The summed E-state index contributed by atoms with van der Waals surface area (Å²) >= 11 is 0. The van der Waals surface area contributed by atoms with E-state index in [0.29, 0.717) is 5.54 Å². The molecular weight excluding hydrogens is 206 g/mol. The van der Waals surface area contributed by atoms with Crippen LogP contribution < -0.4 is 5.32 Å². The van der Waals surface area contributed by atoms with Gasteiger partial charge < -0.3 is 5.32 Å². The van der Waals surface area contributed by atoms with Crippen molar-refractivity contribution in [1.82, 2.24) is 5.32 Å². The minimum Gasteiger partial charge on any atom is -0.311 e. The second kappa shape index (κ2) is 4.57. The van der Waals surface area contributed by atoms with Crippen molar-refractivity contribution in [2.24, 2.45) is 23.7 Å². The molecule has 3 aliphatic rings. The van der Waals surface area contributed by atoms with E-state index in [4.69, 9.17) is 0 Å². The molecule has 0 aromatic carbocycles. The molecule has 0 amide bonds. The summed E-state index contributed by atoms with van der Waals surface area (Å²) in [5, 5.41) is 3.89. The molecule has 1 heteroatoms. The number of hydrogen-bond donors (Lipinski definition) is 1. The van der Waals surface area contributed by atoms with E-state index in [0.717, 1.165) is 23.7 Å². The molecule has 4 unspecified atom stereocenters. The lowest BCUT2D eigenvalue weighted by molar-refractivity contribution is 0.196. The summed E-state index contributed by atoms with van der Waals surface area (Å²) in [4.78, 5) is 0. The summed E-state index contributed by atoms with van der Waals surface area (Å²) in [7, 11) is 0. The molecule has 98 valence electrons. The molecule has 2 saturated carbocycles. The first-order chi connectivity index (χ1) is 8.17. The number of rotatable bonds is 4. The van der Waals surface area contributed by atoms with Crippen molar-refractivity contribution in [3.63, 3.8) is 0 Å². The molecule has 3 rings (SSSR count). The van der Waals surface area contributed by atoms with Gasteiger partial charge in [-0.2, -0.15) is 0 Å². The van der Waals surface area contributed by atoms with Crippen LogP contribution in [0.4, 0.5) is 0 Å². The molecule has 3 fully saturated rings. The van der Waals surface area contributed by atoms with Crippen molar-refractivity contribution >= 4 is 0 Å². The third-order valence-corrected chi connectivity index (χ3v) is 5.67. The fourth-order valence-electron chi connectivity index (χ4n) is 5.21. The van der Waals surface area contributed by atoms with Gasteiger partial charge in [-0.1, -0.05) is 20.3 Å². The standard InChI is InChI=1S/C16H29N/c1-12(2)10-16(6-3-7-17-16)11-15-9-13-4-5-14(15)8-13/h12-15,17H,3-11H2,1-2H3. The van der Waals surface area contributed by atoms with Crippen LogP contribution in [0.2, 0.25) is 0 Å². The Morgan fingerprint density at radius 1 is 1.24 bits per heavy atom. The third-order valence-electron chi connectivity index (χ3n) is 5.67. The van der Waals surface area contributed by atoms with Crippen molar-refractivity contribution in [3.8, 4) is 0 Å². The van der Waals surface area contributed by atoms with E-state index in [1.165, 1.54) is 32.2 Å². The van der Waals surface area contributed by atoms with E-state index >= 15 is 0 Å². The Balaban J connectivity index is 1.64. The topological polar surface area (TPSA) is 12.0 Å². The van der Waals surface area contributed by atoms with Crippen molar-refractivity contribution in [3.05, 3.63) is 0 Å². The van der Waals surface area contributed by atoms with E-state index in [9.17, 15) is 0 Å². The largest absolute Gasteiger partial charge is 0.311 e. The molecule has 1 saturated heterocycles. The maximum atomic E-state index is 3.89. The molecule has 1 heterocycles. The molecule has 0 radical (unpaired) electrons. The summed E-state index contributed by atoms with van der Waals surface area (Å²) in [6.45, 7) is 6.05. The first-order valence-electron chi connectivity index (χ1n) is 7.92. The van der Waals surface area contributed by atoms with Crippen LogP contribution in [-0.4, -0.2) is 12.1 Å². The van der Waals surface area contributed by atoms with Gasteiger partial charge in [-0.25, -0.2) is 0 Å². The molecule has 17 heavy (non-hydrogen) atoms. The number of fused-ring (bicyclic) bond motifs is 2. The first kappa shape index (κ1) is 12.0. The van der Waals surface area contributed by atoms with Gasteiger partial charge in [-0.05, 0) is 75.2 Å². The van der Waals surface area contributed by atoms with Crippen molar-refractivity contribution in [2.75, 3.05) is 6.54 Å². The van der Waals surface area contributed by atoms with Gasteiger partial charge in [0.25, 0.3) is 0 Å². The average molecular weight is 235 g/mol. The summed E-state index contributed by atoms with van der Waals surface area (Å²) in [5.41, 5.74) is 0.531. The highest BCUT2D eigenvalue weighted by Gasteiger charge is 2.44. The Morgan fingerprint density at radius 3 is 2.65 bits per heavy atom. The summed E-state index contributed by atoms with van der Waals surface area (Å²) in [6.07, 6.45) is 12.0.